The minimum absolute atomic E-state index is 0.0706. The zero-order valence-corrected chi connectivity index (χ0v) is 13.0. The molecular formula is C16H22N2O4. The minimum atomic E-state index is -0.571. The third kappa shape index (κ3) is 3.90. The highest BCUT2D eigenvalue weighted by Gasteiger charge is 2.28. The van der Waals surface area contributed by atoms with Gasteiger partial charge in [-0.25, -0.2) is 0 Å². The lowest BCUT2D eigenvalue weighted by atomic mass is 9.96. The summed E-state index contributed by atoms with van der Waals surface area (Å²) in [7, 11) is 1.59. The van der Waals surface area contributed by atoms with Crippen LogP contribution in [0, 0.1) is 5.92 Å². The van der Waals surface area contributed by atoms with E-state index in [0.29, 0.717) is 31.7 Å². The fourth-order valence-electron chi connectivity index (χ4n) is 2.55. The molecule has 22 heavy (non-hydrogen) atoms. The van der Waals surface area contributed by atoms with E-state index in [2.05, 4.69) is 0 Å². The Labute approximate surface area is 130 Å². The number of likely N-dealkylation sites (tertiary alicyclic amines) is 1. The van der Waals surface area contributed by atoms with Gasteiger partial charge in [-0.05, 0) is 44.0 Å². The number of amides is 2. The fourth-order valence-corrected chi connectivity index (χ4v) is 2.55. The highest BCUT2D eigenvalue weighted by atomic mass is 16.5. The van der Waals surface area contributed by atoms with Crippen LogP contribution >= 0.6 is 0 Å². The molecule has 0 spiro atoms. The van der Waals surface area contributed by atoms with Crippen molar-refractivity contribution in [1.29, 1.82) is 0 Å². The van der Waals surface area contributed by atoms with E-state index in [-0.39, 0.29) is 17.7 Å². The van der Waals surface area contributed by atoms with Crippen molar-refractivity contribution < 1.29 is 19.1 Å². The quantitative estimate of drug-likeness (QED) is 0.886. The third-order valence-electron chi connectivity index (χ3n) is 3.93. The van der Waals surface area contributed by atoms with E-state index in [4.69, 9.17) is 15.2 Å². The molecule has 0 unspecified atom stereocenters. The second kappa shape index (κ2) is 7.15. The topological polar surface area (TPSA) is 81.9 Å². The van der Waals surface area contributed by atoms with Crippen molar-refractivity contribution in [2.24, 2.45) is 11.7 Å². The Balaban J connectivity index is 1.88. The van der Waals surface area contributed by atoms with Crippen LogP contribution in [0.3, 0.4) is 0 Å². The second-order valence-corrected chi connectivity index (χ2v) is 5.44. The van der Waals surface area contributed by atoms with Crippen molar-refractivity contribution >= 4 is 11.8 Å². The SMILES string of the molecule is COc1ccc(O[C@@H](C)C(=O)N2CCC(C(N)=O)CC2)cc1. The number of carbonyl (C=O) groups is 2. The lowest BCUT2D eigenvalue weighted by Gasteiger charge is -2.32. The van der Waals surface area contributed by atoms with E-state index in [9.17, 15) is 9.59 Å². The molecule has 1 heterocycles. The summed E-state index contributed by atoms with van der Waals surface area (Å²) in [5, 5.41) is 0. The fraction of sp³-hybridized carbons (Fsp3) is 0.500. The largest absolute Gasteiger partial charge is 0.497 e. The predicted octanol–water partition coefficient (Wildman–Crippen LogP) is 1.19. The summed E-state index contributed by atoms with van der Waals surface area (Å²) < 4.78 is 10.7. The Hall–Kier alpha value is -2.24. The van der Waals surface area contributed by atoms with Gasteiger partial charge in [0.25, 0.3) is 5.91 Å². The average Bonchev–Trinajstić information content (AvgIpc) is 2.55. The Bertz CT molecular complexity index is 521. The maximum Gasteiger partial charge on any atom is 0.263 e. The number of ether oxygens (including phenoxy) is 2. The Morgan fingerprint density at radius 1 is 1.18 bits per heavy atom. The van der Waals surface area contributed by atoms with Gasteiger partial charge in [-0.2, -0.15) is 0 Å². The maximum atomic E-state index is 12.4. The normalized spacial score (nSPS) is 16.9. The Morgan fingerprint density at radius 2 is 1.73 bits per heavy atom. The second-order valence-electron chi connectivity index (χ2n) is 5.44. The van der Waals surface area contributed by atoms with Gasteiger partial charge in [0.1, 0.15) is 11.5 Å². The van der Waals surface area contributed by atoms with Crippen molar-refractivity contribution in [1.82, 2.24) is 4.90 Å². The molecule has 2 rings (SSSR count). The molecule has 2 amide bonds. The first-order valence-electron chi connectivity index (χ1n) is 7.40. The van der Waals surface area contributed by atoms with Gasteiger partial charge >= 0.3 is 0 Å². The molecule has 6 nitrogen and oxygen atoms in total. The molecule has 2 N–H and O–H groups in total. The molecule has 0 radical (unpaired) electrons. The van der Waals surface area contributed by atoms with Crippen LogP contribution in [0.25, 0.3) is 0 Å². The standard InChI is InChI=1S/C16H22N2O4/c1-11(22-14-5-3-13(21-2)4-6-14)16(20)18-9-7-12(8-10-18)15(17)19/h3-6,11-12H,7-10H2,1-2H3,(H2,17,19)/t11-/m0/s1. The predicted molar refractivity (Wildman–Crippen MR) is 81.6 cm³/mol. The van der Waals surface area contributed by atoms with E-state index in [1.54, 1.807) is 43.2 Å². The average molecular weight is 306 g/mol. The molecule has 1 saturated heterocycles. The summed E-state index contributed by atoms with van der Waals surface area (Å²) in [4.78, 5) is 25.2. The molecule has 120 valence electrons. The van der Waals surface area contributed by atoms with E-state index in [1.807, 2.05) is 0 Å². The van der Waals surface area contributed by atoms with Gasteiger partial charge in [-0.1, -0.05) is 0 Å². The number of nitrogens with zero attached hydrogens (tertiary/aromatic N) is 1. The first-order valence-corrected chi connectivity index (χ1v) is 7.40. The first-order chi connectivity index (χ1) is 10.5. The van der Waals surface area contributed by atoms with Crippen molar-refractivity contribution in [2.45, 2.75) is 25.9 Å². The van der Waals surface area contributed by atoms with Gasteiger partial charge in [-0.3, -0.25) is 9.59 Å². The van der Waals surface area contributed by atoms with Crippen LogP contribution in [0.2, 0.25) is 0 Å². The number of benzene rings is 1. The van der Waals surface area contributed by atoms with Crippen LogP contribution in [-0.4, -0.2) is 43.0 Å². The molecule has 1 aliphatic heterocycles. The molecule has 1 atom stereocenters. The van der Waals surface area contributed by atoms with Gasteiger partial charge in [0.15, 0.2) is 6.10 Å². The van der Waals surface area contributed by atoms with Crippen LogP contribution in [0.15, 0.2) is 24.3 Å². The van der Waals surface area contributed by atoms with E-state index < -0.39 is 6.10 Å². The first kappa shape index (κ1) is 16.1. The zero-order chi connectivity index (χ0) is 16.1. The van der Waals surface area contributed by atoms with E-state index >= 15 is 0 Å². The molecule has 0 aliphatic carbocycles. The number of piperidine rings is 1. The highest BCUT2D eigenvalue weighted by Crippen LogP contribution is 2.21. The maximum absolute atomic E-state index is 12.4. The monoisotopic (exact) mass is 306 g/mol. The minimum Gasteiger partial charge on any atom is -0.497 e. The Morgan fingerprint density at radius 3 is 2.23 bits per heavy atom. The Kier molecular flexibility index (Phi) is 5.25. The van der Waals surface area contributed by atoms with Gasteiger partial charge in [0, 0.05) is 19.0 Å². The van der Waals surface area contributed by atoms with Gasteiger partial charge in [0.05, 0.1) is 7.11 Å². The smallest absolute Gasteiger partial charge is 0.263 e. The molecule has 1 aromatic rings. The molecule has 6 heteroatoms. The lowest BCUT2D eigenvalue weighted by Crippen LogP contribution is -2.46. The molecule has 0 aromatic heterocycles. The van der Waals surface area contributed by atoms with Crippen LogP contribution < -0.4 is 15.2 Å². The molecule has 1 aliphatic rings. The zero-order valence-electron chi connectivity index (χ0n) is 13.0. The van der Waals surface area contributed by atoms with Crippen LogP contribution in [0.4, 0.5) is 0 Å². The van der Waals surface area contributed by atoms with Crippen molar-refractivity contribution in [3.05, 3.63) is 24.3 Å². The number of hydrogen-bond acceptors (Lipinski definition) is 4. The summed E-state index contributed by atoms with van der Waals surface area (Å²) in [6.45, 7) is 2.82. The lowest BCUT2D eigenvalue weighted by molar-refractivity contribution is -0.140. The van der Waals surface area contributed by atoms with Crippen molar-refractivity contribution in [3.8, 4) is 11.5 Å². The number of hydrogen-bond donors (Lipinski definition) is 1. The summed E-state index contributed by atoms with van der Waals surface area (Å²) in [6, 6.07) is 7.10. The summed E-state index contributed by atoms with van der Waals surface area (Å²) in [5.41, 5.74) is 5.30. The molecule has 0 bridgehead atoms. The summed E-state index contributed by atoms with van der Waals surface area (Å²) in [5.74, 6) is 0.878. The van der Waals surface area contributed by atoms with Crippen molar-refractivity contribution in [3.63, 3.8) is 0 Å². The number of nitrogens with two attached hydrogens (primary N) is 1. The van der Waals surface area contributed by atoms with Gasteiger partial charge < -0.3 is 20.1 Å². The molecule has 1 aromatic carbocycles. The van der Waals surface area contributed by atoms with Gasteiger partial charge in [-0.15, -0.1) is 0 Å². The van der Waals surface area contributed by atoms with Gasteiger partial charge in [0.2, 0.25) is 5.91 Å². The van der Waals surface area contributed by atoms with E-state index in [1.165, 1.54) is 0 Å². The van der Waals surface area contributed by atoms with Crippen LogP contribution in [-0.2, 0) is 9.59 Å². The highest BCUT2D eigenvalue weighted by molar-refractivity contribution is 5.82. The van der Waals surface area contributed by atoms with Crippen molar-refractivity contribution in [2.75, 3.05) is 20.2 Å². The molecule has 1 fully saturated rings. The van der Waals surface area contributed by atoms with Crippen LogP contribution in [0.1, 0.15) is 19.8 Å². The number of primary amides is 1. The molecular weight excluding hydrogens is 284 g/mol. The number of rotatable bonds is 5. The molecule has 0 saturated carbocycles. The summed E-state index contributed by atoms with van der Waals surface area (Å²) in [6.07, 6.45) is 0.672. The third-order valence-corrected chi connectivity index (χ3v) is 3.93. The number of methoxy groups -OCH3 is 1. The van der Waals surface area contributed by atoms with Crippen LogP contribution in [0.5, 0.6) is 11.5 Å². The summed E-state index contributed by atoms with van der Waals surface area (Å²) >= 11 is 0. The number of carbonyl (C=O) groups excluding carboxylic acids is 2. The van der Waals surface area contributed by atoms with E-state index in [0.717, 1.165) is 5.75 Å².